The van der Waals surface area contributed by atoms with Crippen molar-refractivity contribution < 1.29 is 14.5 Å². The molecule has 0 fully saturated rings. The van der Waals surface area contributed by atoms with Crippen LogP contribution < -0.4 is 0 Å². The minimum absolute atomic E-state index is 0.125. The van der Waals surface area contributed by atoms with Crippen molar-refractivity contribution in [3.05, 3.63) is 80.4 Å². The Morgan fingerprint density at radius 2 is 1.73 bits per heavy atom. The lowest BCUT2D eigenvalue weighted by atomic mass is 10.0. The Balaban J connectivity index is 2.62. The molecule has 0 saturated heterocycles. The Hall–Kier alpha value is -2.66. The third-order valence-electron chi connectivity index (χ3n) is 3.00. The number of rotatable bonds is 4. The van der Waals surface area contributed by atoms with Crippen molar-refractivity contribution in [2.75, 3.05) is 7.11 Å². The number of methoxy groups -OCH3 is 1. The topological polar surface area (TPSA) is 69.4 Å². The third-order valence-corrected chi connectivity index (χ3v) is 3.35. The molecule has 0 N–H and O–H groups in total. The van der Waals surface area contributed by atoms with Crippen molar-refractivity contribution in [3.63, 3.8) is 0 Å². The molecule has 2 rings (SSSR count). The van der Waals surface area contributed by atoms with Crippen molar-refractivity contribution in [2.24, 2.45) is 0 Å². The fraction of sp³-hybridized carbons (Fsp3) is 0.0625. The molecule has 0 bridgehead atoms. The van der Waals surface area contributed by atoms with Crippen LogP contribution in [0.1, 0.15) is 21.5 Å². The van der Waals surface area contributed by atoms with Gasteiger partial charge in [-0.2, -0.15) is 0 Å². The molecular formula is C16H12ClNO4. The van der Waals surface area contributed by atoms with Crippen LogP contribution in [0.15, 0.2) is 48.5 Å². The summed E-state index contributed by atoms with van der Waals surface area (Å²) in [6.45, 7) is 0. The number of nitrogens with zero attached hydrogens (tertiary/aromatic N) is 1. The molecule has 0 spiro atoms. The van der Waals surface area contributed by atoms with E-state index in [1.54, 1.807) is 36.4 Å². The maximum Gasteiger partial charge on any atom is 0.338 e. The molecule has 2 aromatic rings. The molecule has 0 unspecified atom stereocenters. The molecule has 2 aromatic carbocycles. The molecule has 5 nitrogen and oxygen atoms in total. The lowest BCUT2D eigenvalue weighted by Gasteiger charge is -2.06. The van der Waals surface area contributed by atoms with Crippen LogP contribution in [0.5, 0.6) is 0 Å². The Morgan fingerprint density at radius 3 is 2.32 bits per heavy atom. The smallest absolute Gasteiger partial charge is 0.338 e. The molecule has 0 heterocycles. The number of hydrogen-bond acceptors (Lipinski definition) is 4. The van der Waals surface area contributed by atoms with Crippen LogP contribution in [0.3, 0.4) is 0 Å². The van der Waals surface area contributed by atoms with Crippen molar-refractivity contribution >= 4 is 29.3 Å². The van der Waals surface area contributed by atoms with E-state index < -0.39 is 10.9 Å². The van der Waals surface area contributed by atoms with Gasteiger partial charge < -0.3 is 4.74 Å². The highest BCUT2D eigenvalue weighted by Gasteiger charge is 2.22. The lowest BCUT2D eigenvalue weighted by Crippen LogP contribution is -2.08. The maximum atomic E-state index is 11.8. The van der Waals surface area contributed by atoms with Crippen LogP contribution in [-0.2, 0) is 4.74 Å². The van der Waals surface area contributed by atoms with E-state index in [0.717, 1.165) is 0 Å². The highest BCUT2D eigenvalue weighted by atomic mass is 35.5. The van der Waals surface area contributed by atoms with Gasteiger partial charge in [-0.3, -0.25) is 10.1 Å². The van der Waals surface area contributed by atoms with Crippen LogP contribution in [-0.4, -0.2) is 18.0 Å². The first-order valence-electron chi connectivity index (χ1n) is 6.33. The molecule has 112 valence electrons. The molecular weight excluding hydrogens is 306 g/mol. The summed E-state index contributed by atoms with van der Waals surface area (Å²) in [7, 11) is 1.22. The predicted octanol–water partition coefficient (Wildman–Crippen LogP) is 3.90. The number of halogens is 1. The third kappa shape index (κ3) is 3.32. The number of benzene rings is 2. The molecule has 0 aliphatic heterocycles. The van der Waals surface area contributed by atoms with Crippen molar-refractivity contribution in [1.29, 1.82) is 0 Å². The van der Waals surface area contributed by atoms with Crippen LogP contribution >= 0.6 is 11.6 Å². The molecule has 22 heavy (non-hydrogen) atoms. The van der Waals surface area contributed by atoms with Gasteiger partial charge in [0.1, 0.15) is 0 Å². The Labute approximate surface area is 131 Å². The standard InChI is InChI=1S/C16H12ClNO4/c1-22-16(19)13-8-4-3-7-12(13)15(18(20)21)10-11-6-2-5-9-14(11)17/h2-10H,1H3/b15-10-. The van der Waals surface area contributed by atoms with E-state index in [-0.39, 0.29) is 16.8 Å². The Bertz CT molecular complexity index is 755. The predicted molar refractivity (Wildman–Crippen MR) is 84.1 cm³/mol. The molecule has 0 radical (unpaired) electrons. The first kappa shape index (κ1) is 15.7. The largest absolute Gasteiger partial charge is 0.465 e. The van der Waals surface area contributed by atoms with Crippen molar-refractivity contribution in [3.8, 4) is 0 Å². The average Bonchev–Trinajstić information content (AvgIpc) is 2.53. The minimum Gasteiger partial charge on any atom is -0.465 e. The van der Waals surface area contributed by atoms with E-state index in [4.69, 9.17) is 11.6 Å². The van der Waals surface area contributed by atoms with Gasteiger partial charge in [-0.1, -0.05) is 41.9 Å². The second kappa shape index (κ2) is 6.87. The highest BCUT2D eigenvalue weighted by Crippen LogP contribution is 2.26. The maximum absolute atomic E-state index is 11.8. The van der Waals surface area contributed by atoms with Crippen LogP contribution in [0.25, 0.3) is 11.8 Å². The van der Waals surface area contributed by atoms with E-state index in [1.165, 1.54) is 25.3 Å². The summed E-state index contributed by atoms with van der Waals surface area (Å²) in [6.07, 6.45) is 1.34. The number of hydrogen-bond donors (Lipinski definition) is 0. The van der Waals surface area contributed by atoms with Gasteiger partial charge >= 0.3 is 5.97 Å². The Kier molecular flexibility index (Phi) is 4.91. The summed E-state index contributed by atoms with van der Waals surface area (Å²) >= 11 is 6.03. The van der Waals surface area contributed by atoms with Gasteiger partial charge in [-0.05, 0) is 23.8 Å². The summed E-state index contributed by atoms with van der Waals surface area (Å²) in [6, 6.07) is 13.0. The zero-order valence-corrected chi connectivity index (χ0v) is 12.4. The van der Waals surface area contributed by atoms with Gasteiger partial charge in [0.05, 0.1) is 23.2 Å². The number of ether oxygens (including phenoxy) is 1. The molecule has 0 amide bonds. The van der Waals surface area contributed by atoms with Crippen LogP contribution in [0.2, 0.25) is 5.02 Å². The first-order valence-corrected chi connectivity index (χ1v) is 6.70. The molecule has 0 atom stereocenters. The zero-order chi connectivity index (χ0) is 16.1. The van der Waals surface area contributed by atoms with Crippen molar-refractivity contribution in [2.45, 2.75) is 0 Å². The van der Waals surface area contributed by atoms with E-state index in [1.807, 2.05) is 0 Å². The number of carbonyl (C=O) groups is 1. The molecule has 0 saturated carbocycles. The first-order chi connectivity index (χ1) is 10.5. The monoisotopic (exact) mass is 317 g/mol. The molecule has 0 aromatic heterocycles. The highest BCUT2D eigenvalue weighted by molar-refractivity contribution is 6.32. The number of carbonyl (C=O) groups excluding carboxylic acids is 1. The number of esters is 1. The van der Waals surface area contributed by atoms with E-state index in [9.17, 15) is 14.9 Å². The summed E-state index contributed by atoms with van der Waals surface area (Å²) in [5.74, 6) is -0.637. The van der Waals surface area contributed by atoms with Gasteiger partial charge in [-0.15, -0.1) is 0 Å². The van der Waals surface area contributed by atoms with E-state index >= 15 is 0 Å². The fourth-order valence-electron chi connectivity index (χ4n) is 1.96. The summed E-state index contributed by atoms with van der Waals surface area (Å²) in [5, 5.41) is 11.8. The SMILES string of the molecule is COC(=O)c1ccccc1/C(=C/c1ccccc1Cl)[N+](=O)[O-]. The average molecular weight is 318 g/mol. The molecule has 6 heteroatoms. The summed E-state index contributed by atoms with van der Waals surface area (Å²) < 4.78 is 4.67. The molecule has 0 aliphatic rings. The Morgan fingerprint density at radius 1 is 1.14 bits per heavy atom. The van der Waals surface area contributed by atoms with E-state index in [2.05, 4.69) is 4.74 Å². The zero-order valence-electron chi connectivity index (χ0n) is 11.7. The fourth-order valence-corrected chi connectivity index (χ4v) is 2.15. The van der Waals surface area contributed by atoms with Gasteiger partial charge in [-0.25, -0.2) is 4.79 Å². The normalized spacial score (nSPS) is 11.1. The summed E-state index contributed by atoms with van der Waals surface area (Å²) in [4.78, 5) is 22.7. The van der Waals surface area contributed by atoms with Gasteiger partial charge in [0, 0.05) is 11.1 Å². The quantitative estimate of drug-likeness (QED) is 0.371. The van der Waals surface area contributed by atoms with Gasteiger partial charge in [0.2, 0.25) is 0 Å². The number of nitro groups is 1. The van der Waals surface area contributed by atoms with Crippen LogP contribution in [0, 0.1) is 10.1 Å². The lowest BCUT2D eigenvalue weighted by molar-refractivity contribution is -0.374. The van der Waals surface area contributed by atoms with Gasteiger partial charge in [0.15, 0.2) is 0 Å². The molecule has 0 aliphatic carbocycles. The van der Waals surface area contributed by atoms with E-state index in [0.29, 0.717) is 10.6 Å². The van der Waals surface area contributed by atoms with Crippen LogP contribution in [0.4, 0.5) is 0 Å². The minimum atomic E-state index is -0.637. The van der Waals surface area contributed by atoms with Gasteiger partial charge in [0.25, 0.3) is 5.70 Å². The van der Waals surface area contributed by atoms with Crippen molar-refractivity contribution in [1.82, 2.24) is 0 Å². The second-order valence-electron chi connectivity index (χ2n) is 4.35. The summed E-state index contributed by atoms with van der Waals surface area (Å²) in [5.41, 5.74) is 0.573. The second-order valence-corrected chi connectivity index (χ2v) is 4.75.